The predicted octanol–water partition coefficient (Wildman–Crippen LogP) is 1.87. The summed E-state index contributed by atoms with van der Waals surface area (Å²) in [6, 6.07) is 14.5. The molecule has 0 unspecified atom stereocenters. The lowest BCUT2D eigenvalue weighted by atomic mass is 10.0. The van der Waals surface area contributed by atoms with Crippen LogP contribution in [0.15, 0.2) is 48.5 Å². The van der Waals surface area contributed by atoms with E-state index in [1.54, 1.807) is 31.4 Å². The second kappa shape index (κ2) is 9.93. The van der Waals surface area contributed by atoms with Crippen molar-refractivity contribution in [3.63, 3.8) is 0 Å². The molecule has 1 saturated heterocycles. The molecule has 0 radical (unpaired) electrons. The smallest absolute Gasteiger partial charge is 0.261 e. The van der Waals surface area contributed by atoms with E-state index in [0.29, 0.717) is 30.9 Å². The van der Waals surface area contributed by atoms with Crippen LogP contribution in [0.1, 0.15) is 38.7 Å². The van der Waals surface area contributed by atoms with Gasteiger partial charge in [-0.1, -0.05) is 24.3 Å². The molecule has 0 aromatic heterocycles. The predicted molar refractivity (Wildman–Crippen MR) is 118 cm³/mol. The van der Waals surface area contributed by atoms with Gasteiger partial charge in [-0.25, -0.2) is 0 Å². The zero-order chi connectivity index (χ0) is 22.5. The molecule has 0 saturated carbocycles. The first-order valence-corrected chi connectivity index (χ1v) is 10.8. The van der Waals surface area contributed by atoms with Gasteiger partial charge in [-0.05, 0) is 29.8 Å². The van der Waals surface area contributed by atoms with E-state index >= 15 is 0 Å². The highest BCUT2D eigenvalue weighted by Gasteiger charge is 2.35. The number of morpholine rings is 1. The summed E-state index contributed by atoms with van der Waals surface area (Å²) in [5.74, 6) is -0.113. The maximum Gasteiger partial charge on any atom is 0.261 e. The van der Waals surface area contributed by atoms with Crippen LogP contribution in [0.5, 0.6) is 5.75 Å². The van der Waals surface area contributed by atoms with E-state index in [4.69, 9.17) is 9.47 Å². The Labute approximate surface area is 187 Å². The summed E-state index contributed by atoms with van der Waals surface area (Å²) in [6.07, 6.45) is 0.0594. The summed E-state index contributed by atoms with van der Waals surface area (Å²) < 4.78 is 10.7. The number of ether oxygens (including phenoxy) is 2. The average molecular weight is 437 g/mol. The van der Waals surface area contributed by atoms with Crippen molar-refractivity contribution in [2.45, 2.75) is 12.5 Å². The quantitative estimate of drug-likeness (QED) is 0.635. The maximum absolute atomic E-state index is 12.6. The van der Waals surface area contributed by atoms with Crippen molar-refractivity contribution in [3.8, 4) is 5.75 Å². The number of nitrogens with zero attached hydrogens (tertiary/aromatic N) is 2. The first kappa shape index (κ1) is 22.0. The van der Waals surface area contributed by atoms with Crippen LogP contribution in [0.25, 0.3) is 0 Å². The van der Waals surface area contributed by atoms with E-state index in [9.17, 15) is 14.4 Å². The molecule has 8 nitrogen and oxygen atoms in total. The van der Waals surface area contributed by atoms with Gasteiger partial charge < -0.3 is 14.8 Å². The molecule has 8 heteroatoms. The van der Waals surface area contributed by atoms with Crippen LogP contribution < -0.4 is 10.1 Å². The molecule has 3 amide bonds. The number of carbonyl (C=O) groups is 3. The first-order chi connectivity index (χ1) is 15.6. The molecule has 1 N–H and O–H groups in total. The molecule has 2 aromatic carbocycles. The third kappa shape index (κ3) is 4.66. The highest BCUT2D eigenvalue weighted by molar-refractivity contribution is 6.21. The average Bonchev–Trinajstić information content (AvgIpc) is 3.08. The summed E-state index contributed by atoms with van der Waals surface area (Å²) in [5, 5.41) is 2.98. The molecule has 2 heterocycles. The van der Waals surface area contributed by atoms with Gasteiger partial charge in [0.25, 0.3) is 11.8 Å². The van der Waals surface area contributed by atoms with Crippen LogP contribution in [-0.4, -0.2) is 74.0 Å². The Bertz CT molecular complexity index is 950. The highest BCUT2D eigenvalue weighted by atomic mass is 16.5. The van der Waals surface area contributed by atoms with Crippen molar-refractivity contribution in [1.29, 1.82) is 0 Å². The van der Waals surface area contributed by atoms with Crippen molar-refractivity contribution in [2.75, 3.05) is 46.5 Å². The summed E-state index contributed by atoms with van der Waals surface area (Å²) in [7, 11) is 1.63. The van der Waals surface area contributed by atoms with Crippen molar-refractivity contribution in [2.24, 2.45) is 0 Å². The van der Waals surface area contributed by atoms with Gasteiger partial charge in [0.1, 0.15) is 5.75 Å². The minimum Gasteiger partial charge on any atom is -0.497 e. The van der Waals surface area contributed by atoms with E-state index in [1.807, 2.05) is 24.3 Å². The van der Waals surface area contributed by atoms with Crippen LogP contribution in [0.4, 0.5) is 0 Å². The third-order valence-corrected chi connectivity index (χ3v) is 5.92. The van der Waals surface area contributed by atoms with Crippen LogP contribution in [-0.2, 0) is 9.53 Å². The van der Waals surface area contributed by atoms with E-state index in [2.05, 4.69) is 10.2 Å². The molecule has 1 fully saturated rings. The summed E-state index contributed by atoms with van der Waals surface area (Å²) in [5.41, 5.74) is 1.86. The second-order valence-electron chi connectivity index (χ2n) is 7.80. The molecule has 0 aliphatic carbocycles. The van der Waals surface area contributed by atoms with E-state index < -0.39 is 0 Å². The fraction of sp³-hybridized carbons (Fsp3) is 0.375. The number of imide groups is 1. The van der Waals surface area contributed by atoms with Crippen LogP contribution in [0, 0.1) is 0 Å². The van der Waals surface area contributed by atoms with Crippen molar-refractivity contribution >= 4 is 17.7 Å². The number of rotatable bonds is 8. The monoisotopic (exact) mass is 437 g/mol. The Morgan fingerprint density at radius 1 is 1.03 bits per heavy atom. The van der Waals surface area contributed by atoms with Gasteiger partial charge in [-0.15, -0.1) is 0 Å². The summed E-state index contributed by atoms with van der Waals surface area (Å²) in [6.45, 7) is 3.35. The molecule has 2 aliphatic heterocycles. The summed E-state index contributed by atoms with van der Waals surface area (Å²) >= 11 is 0. The second-order valence-corrected chi connectivity index (χ2v) is 7.80. The van der Waals surface area contributed by atoms with Crippen molar-refractivity contribution in [3.05, 3.63) is 65.2 Å². The van der Waals surface area contributed by atoms with Crippen LogP contribution in [0.3, 0.4) is 0 Å². The molecule has 2 aromatic rings. The Morgan fingerprint density at radius 2 is 1.66 bits per heavy atom. The van der Waals surface area contributed by atoms with Crippen molar-refractivity contribution in [1.82, 2.24) is 15.1 Å². The van der Waals surface area contributed by atoms with Gasteiger partial charge in [-0.2, -0.15) is 0 Å². The molecule has 4 rings (SSSR count). The van der Waals surface area contributed by atoms with E-state index in [-0.39, 0.29) is 36.7 Å². The number of benzene rings is 2. The standard InChI is InChI=1S/C24H27N3O5/c1-31-18-8-6-17(7-9-18)21(26-12-14-32-15-13-26)16-25-22(28)10-11-27-23(29)19-4-2-3-5-20(19)24(27)30/h2-9,21H,10-16H2,1H3,(H,25,28)/t21-/m1/s1. The minimum atomic E-state index is -0.345. The van der Waals surface area contributed by atoms with Crippen LogP contribution in [0.2, 0.25) is 0 Å². The first-order valence-electron chi connectivity index (χ1n) is 10.8. The molecule has 1 atom stereocenters. The van der Waals surface area contributed by atoms with Gasteiger partial charge in [0, 0.05) is 32.6 Å². The van der Waals surface area contributed by atoms with Gasteiger partial charge in [0.15, 0.2) is 0 Å². The summed E-state index contributed by atoms with van der Waals surface area (Å²) in [4.78, 5) is 41.0. The topological polar surface area (TPSA) is 88.2 Å². The number of carbonyl (C=O) groups excluding carboxylic acids is 3. The van der Waals surface area contributed by atoms with Crippen LogP contribution >= 0.6 is 0 Å². The molecule has 0 spiro atoms. The molecular weight excluding hydrogens is 410 g/mol. The Hall–Kier alpha value is -3.23. The minimum absolute atomic E-state index is 0.00642. The fourth-order valence-corrected chi connectivity index (χ4v) is 4.13. The Balaban J connectivity index is 1.36. The Kier molecular flexibility index (Phi) is 6.82. The maximum atomic E-state index is 12.6. The lowest BCUT2D eigenvalue weighted by Crippen LogP contribution is -2.44. The number of methoxy groups -OCH3 is 1. The third-order valence-electron chi connectivity index (χ3n) is 5.92. The van der Waals surface area contributed by atoms with Gasteiger partial charge in [-0.3, -0.25) is 24.2 Å². The number of fused-ring (bicyclic) bond motifs is 1. The lowest BCUT2D eigenvalue weighted by Gasteiger charge is -2.35. The molecule has 0 bridgehead atoms. The molecule has 2 aliphatic rings. The zero-order valence-electron chi connectivity index (χ0n) is 18.1. The lowest BCUT2D eigenvalue weighted by molar-refractivity contribution is -0.121. The zero-order valence-corrected chi connectivity index (χ0v) is 18.1. The SMILES string of the molecule is COc1ccc([C@@H](CNC(=O)CCN2C(=O)c3ccccc3C2=O)N2CCOCC2)cc1. The molecule has 32 heavy (non-hydrogen) atoms. The Morgan fingerprint density at radius 3 is 2.25 bits per heavy atom. The van der Waals surface area contributed by atoms with Crippen molar-refractivity contribution < 1.29 is 23.9 Å². The molecular formula is C24H27N3O5. The fourth-order valence-electron chi connectivity index (χ4n) is 4.13. The number of hydrogen-bond acceptors (Lipinski definition) is 6. The number of amides is 3. The largest absolute Gasteiger partial charge is 0.497 e. The van der Waals surface area contributed by atoms with Gasteiger partial charge in [0.05, 0.1) is 37.5 Å². The molecule has 168 valence electrons. The number of nitrogens with one attached hydrogen (secondary N) is 1. The van der Waals surface area contributed by atoms with E-state index in [1.165, 1.54) is 0 Å². The normalized spacial score (nSPS) is 17.2. The number of hydrogen-bond donors (Lipinski definition) is 1. The highest BCUT2D eigenvalue weighted by Crippen LogP contribution is 2.24. The van der Waals surface area contributed by atoms with Gasteiger partial charge in [0.2, 0.25) is 5.91 Å². The van der Waals surface area contributed by atoms with E-state index in [0.717, 1.165) is 29.3 Å². The van der Waals surface area contributed by atoms with Gasteiger partial charge >= 0.3 is 0 Å².